The number of nitrogens with one attached hydrogen (secondary N) is 3. The highest BCUT2D eigenvalue weighted by molar-refractivity contribution is 6.29. The van der Waals surface area contributed by atoms with Crippen LogP contribution >= 0.6 is 0 Å². The smallest absolute Gasteiger partial charge is 0.420 e. The Kier molecular flexibility index (Phi) is 11.3. The minimum absolute atomic E-state index is 0.148. The molecule has 0 heterocycles. The molecule has 0 fully saturated rings. The molecule has 9 heteroatoms. The van der Waals surface area contributed by atoms with Crippen LogP contribution in [0.1, 0.15) is 5.56 Å². The van der Waals surface area contributed by atoms with E-state index in [1.807, 2.05) is 30.3 Å². The van der Waals surface area contributed by atoms with E-state index in [-0.39, 0.29) is 20.2 Å². The van der Waals surface area contributed by atoms with E-state index >= 15 is 0 Å². The van der Waals surface area contributed by atoms with Gasteiger partial charge in [0.25, 0.3) is 0 Å². The van der Waals surface area contributed by atoms with E-state index in [0.717, 1.165) is 11.8 Å². The van der Waals surface area contributed by atoms with Gasteiger partial charge in [0.1, 0.15) is 12.9 Å². The van der Waals surface area contributed by atoms with Gasteiger partial charge in [0.2, 0.25) is 0 Å². The molecule has 0 spiro atoms. The molecule has 0 aliphatic rings. The zero-order chi connectivity index (χ0) is 17.5. The molecule has 132 valence electrons. The number of hydrogen-bond acceptors (Lipinski definition) is 7. The van der Waals surface area contributed by atoms with E-state index in [4.69, 9.17) is 14.2 Å². The second-order valence-electron chi connectivity index (χ2n) is 4.86. The van der Waals surface area contributed by atoms with Gasteiger partial charge in [-0.3, -0.25) is 10.8 Å². The highest BCUT2D eigenvalue weighted by Gasteiger charge is 2.08. The number of hydrogen-bond donors (Lipinski definition) is 3. The lowest BCUT2D eigenvalue weighted by molar-refractivity contribution is -0.109. The number of benzene rings is 1. The van der Waals surface area contributed by atoms with Crippen LogP contribution < -0.4 is 16.0 Å². The van der Waals surface area contributed by atoms with E-state index < -0.39 is 6.09 Å². The van der Waals surface area contributed by atoms with Crippen molar-refractivity contribution in [2.75, 3.05) is 33.5 Å². The van der Waals surface area contributed by atoms with Crippen molar-refractivity contribution in [2.24, 2.45) is 0 Å². The van der Waals surface area contributed by atoms with Crippen molar-refractivity contribution in [3.63, 3.8) is 0 Å². The summed E-state index contributed by atoms with van der Waals surface area (Å²) in [6, 6.07) is 9.34. The molecule has 0 saturated carbocycles. The zero-order valence-electron chi connectivity index (χ0n) is 13.8. The summed E-state index contributed by atoms with van der Waals surface area (Å²) >= 11 is 0. The molecule has 1 aromatic rings. The van der Waals surface area contributed by atoms with Crippen molar-refractivity contribution in [1.82, 2.24) is 16.0 Å². The molecule has 1 amide bonds. The van der Waals surface area contributed by atoms with Crippen LogP contribution in [0.4, 0.5) is 4.79 Å². The zero-order valence-corrected chi connectivity index (χ0v) is 13.8. The van der Waals surface area contributed by atoms with E-state index in [2.05, 4.69) is 16.0 Å². The fraction of sp³-hybridized carbons (Fsp3) is 0.467. The van der Waals surface area contributed by atoms with Gasteiger partial charge in [-0.2, -0.15) is 0 Å². The van der Waals surface area contributed by atoms with Crippen LogP contribution in [-0.4, -0.2) is 59.5 Å². The van der Waals surface area contributed by atoms with E-state index in [0.29, 0.717) is 26.2 Å². The number of methoxy groups -OCH3 is 1. The molecule has 24 heavy (non-hydrogen) atoms. The summed E-state index contributed by atoms with van der Waals surface area (Å²) in [5.41, 5.74) is 3.42. The lowest BCUT2D eigenvalue weighted by Gasteiger charge is -2.13. The molecule has 0 radical (unpaired) electrons. The van der Waals surface area contributed by atoms with Gasteiger partial charge in [0.05, 0.1) is 25.9 Å². The van der Waals surface area contributed by atoms with Crippen molar-refractivity contribution < 1.29 is 23.8 Å². The molecule has 0 aromatic heterocycles. The molecule has 0 bridgehead atoms. The summed E-state index contributed by atoms with van der Waals surface area (Å²) in [7, 11) is 1.82. The van der Waals surface area contributed by atoms with Crippen LogP contribution in [-0.2, 0) is 25.4 Å². The normalized spacial score (nSPS) is 11.5. The van der Waals surface area contributed by atoms with Gasteiger partial charge in [0, 0.05) is 7.11 Å². The highest BCUT2D eigenvalue weighted by atomic mass is 16.6. The molecule has 1 rings (SSSR count). The second-order valence-corrected chi connectivity index (χ2v) is 4.86. The van der Waals surface area contributed by atoms with E-state index in [9.17, 15) is 9.59 Å². The molecule has 1 aromatic carbocycles. The van der Waals surface area contributed by atoms with Gasteiger partial charge < -0.3 is 24.2 Å². The number of amides is 1. The monoisotopic (exact) mass is 337 g/mol. The Bertz CT molecular complexity index is 464. The number of carbonyl (C=O) groups is 2. The van der Waals surface area contributed by atoms with Crippen LogP contribution in [0.25, 0.3) is 0 Å². The van der Waals surface area contributed by atoms with Gasteiger partial charge in [0.15, 0.2) is 0 Å². The number of carbonyl (C=O) groups excluding carboxylic acids is 2. The van der Waals surface area contributed by atoms with Crippen molar-refractivity contribution in [2.45, 2.75) is 12.5 Å². The van der Waals surface area contributed by atoms with Crippen LogP contribution in [0, 0.1) is 0 Å². The third-order valence-electron chi connectivity index (χ3n) is 3.00. The van der Waals surface area contributed by atoms with Crippen molar-refractivity contribution in [3.8, 4) is 0 Å². The van der Waals surface area contributed by atoms with Crippen LogP contribution in [0.15, 0.2) is 30.3 Å². The van der Waals surface area contributed by atoms with Gasteiger partial charge in [-0.05, 0) is 12.0 Å². The lowest BCUT2D eigenvalue weighted by Crippen LogP contribution is -2.49. The minimum atomic E-state index is -0.613. The van der Waals surface area contributed by atoms with Gasteiger partial charge in [-0.15, -0.1) is 0 Å². The molecule has 0 saturated heterocycles. The average molecular weight is 337 g/mol. The molecule has 3 N–H and O–H groups in total. The maximum Gasteiger partial charge on any atom is 0.420 e. The van der Waals surface area contributed by atoms with E-state index in [1.54, 1.807) is 7.11 Å². The lowest BCUT2D eigenvalue weighted by atomic mass is 10.0. The number of rotatable bonds is 13. The third-order valence-corrected chi connectivity index (χ3v) is 3.00. The third kappa shape index (κ3) is 9.96. The number of ether oxygens (including phenoxy) is 3. The summed E-state index contributed by atoms with van der Waals surface area (Å²) in [5.74, 6) is 0. The predicted molar refractivity (Wildman–Crippen MR) is 90.6 cm³/mol. The van der Waals surface area contributed by atoms with Crippen molar-refractivity contribution in [1.29, 1.82) is 0 Å². The molecule has 0 unspecified atom stereocenters. The Morgan fingerprint density at radius 1 is 1.21 bits per heavy atom. The summed E-state index contributed by atoms with van der Waals surface area (Å²) in [6.07, 6.45) is 0.803. The first kappa shape index (κ1) is 20.1. The highest BCUT2D eigenvalue weighted by Crippen LogP contribution is 2.01. The van der Waals surface area contributed by atoms with Crippen molar-refractivity contribution >= 4 is 19.9 Å². The molecule has 0 aliphatic carbocycles. The Morgan fingerprint density at radius 3 is 2.67 bits per heavy atom. The summed E-state index contributed by atoms with van der Waals surface area (Å²) < 4.78 is 14.8. The average Bonchev–Trinajstić information content (AvgIpc) is 2.61. The maximum atomic E-state index is 11.4. The van der Waals surface area contributed by atoms with E-state index in [1.165, 1.54) is 0 Å². The number of hydrazine groups is 1. The Hall–Kier alpha value is -1.94. The summed E-state index contributed by atoms with van der Waals surface area (Å²) in [5, 5.41) is 5.62. The topological polar surface area (TPSA) is 97.9 Å². The van der Waals surface area contributed by atoms with Crippen LogP contribution in [0.5, 0.6) is 0 Å². The molecular formula is C15H24BN3O5. The SMILES string of the molecule is COCCOCCOC(=O)NNBN[C@H](C=O)Cc1ccccc1. The molecule has 1 atom stereocenters. The minimum Gasteiger partial charge on any atom is -0.446 e. The predicted octanol–water partition coefficient (Wildman–Crippen LogP) is -0.453. The first-order valence-electron chi connectivity index (χ1n) is 7.71. The van der Waals surface area contributed by atoms with Crippen molar-refractivity contribution in [3.05, 3.63) is 35.9 Å². The van der Waals surface area contributed by atoms with Crippen LogP contribution in [0.2, 0.25) is 0 Å². The molecule has 8 nitrogen and oxygen atoms in total. The van der Waals surface area contributed by atoms with Gasteiger partial charge >= 0.3 is 13.6 Å². The fourth-order valence-corrected chi connectivity index (χ4v) is 1.81. The first-order chi connectivity index (χ1) is 11.8. The Balaban J connectivity index is 2.04. The maximum absolute atomic E-state index is 11.4. The summed E-state index contributed by atoms with van der Waals surface area (Å²) in [6.45, 7) is 1.41. The molecular weight excluding hydrogens is 313 g/mol. The quantitative estimate of drug-likeness (QED) is 0.194. The molecule has 0 aliphatic heterocycles. The largest absolute Gasteiger partial charge is 0.446 e. The Labute approximate surface area is 142 Å². The number of aldehydes is 1. The first-order valence-corrected chi connectivity index (χ1v) is 7.71. The standard InChI is InChI=1S/C15H24BN3O5/c1-22-7-8-23-9-10-24-15(21)18-19-16-17-14(12-20)11-13-5-3-2-4-6-13/h2-6,12,14,16-17,19H,7-11H2,1H3,(H,18,21)/t14-/m0/s1. The van der Waals surface area contributed by atoms with Gasteiger partial charge in [-0.25, -0.2) is 4.79 Å². The Morgan fingerprint density at radius 2 is 1.96 bits per heavy atom. The van der Waals surface area contributed by atoms with Crippen LogP contribution in [0.3, 0.4) is 0 Å². The fourth-order valence-electron chi connectivity index (χ4n) is 1.81. The summed E-state index contributed by atoms with van der Waals surface area (Å²) in [4.78, 5) is 22.4. The van der Waals surface area contributed by atoms with Gasteiger partial charge in [-0.1, -0.05) is 30.3 Å². The second kappa shape index (κ2) is 13.5.